The molecule has 2 aromatic heterocycles. The third kappa shape index (κ3) is 4.24. The van der Waals surface area contributed by atoms with Crippen LogP contribution in [0.4, 0.5) is 0 Å². The Morgan fingerprint density at radius 2 is 2.25 bits per heavy atom. The molecule has 1 N–H and O–H groups in total. The molecule has 1 aliphatic heterocycles. The Kier molecular flexibility index (Phi) is 5.70. The predicted molar refractivity (Wildman–Crippen MR) is 114 cm³/mol. The molecule has 3 aromatic rings. The second-order valence-electron chi connectivity index (χ2n) is 6.93. The van der Waals surface area contributed by atoms with Gasteiger partial charge in [-0.2, -0.15) is 0 Å². The van der Waals surface area contributed by atoms with E-state index in [-0.39, 0.29) is 0 Å². The zero-order valence-corrected chi connectivity index (χ0v) is 16.8. The molecule has 0 radical (unpaired) electrons. The molecule has 0 amide bonds. The first-order valence-electron chi connectivity index (χ1n) is 9.50. The lowest BCUT2D eigenvalue weighted by molar-refractivity contribution is 0.213. The molecule has 0 unspecified atom stereocenters. The van der Waals surface area contributed by atoms with Crippen LogP contribution in [0.1, 0.15) is 22.6 Å². The van der Waals surface area contributed by atoms with E-state index in [1.807, 2.05) is 12.3 Å². The summed E-state index contributed by atoms with van der Waals surface area (Å²) >= 11 is 1.79. The second-order valence-corrected chi connectivity index (χ2v) is 8.22. The third-order valence-electron chi connectivity index (χ3n) is 4.76. The van der Waals surface area contributed by atoms with Crippen LogP contribution in [0.25, 0.3) is 10.4 Å². The topological polar surface area (TPSA) is 37.5 Å². The van der Waals surface area contributed by atoms with Crippen molar-refractivity contribution in [3.8, 4) is 34.3 Å². The van der Waals surface area contributed by atoms with Gasteiger partial charge in [-0.05, 0) is 48.9 Å². The van der Waals surface area contributed by atoms with E-state index in [0.29, 0.717) is 19.6 Å². The van der Waals surface area contributed by atoms with Crippen LogP contribution < -0.4 is 9.47 Å². The summed E-state index contributed by atoms with van der Waals surface area (Å²) in [5.74, 6) is 4.27. The lowest BCUT2D eigenvalue weighted by Crippen LogP contribution is -2.25. The molecule has 0 fully saturated rings. The number of fused-ring (bicyclic) bond motifs is 1. The molecule has 28 heavy (non-hydrogen) atoms. The molecule has 0 saturated carbocycles. The highest BCUT2D eigenvalue weighted by atomic mass is 32.1. The minimum Gasteiger partial charge on any atom is -0.489 e. The first-order chi connectivity index (χ1) is 13.7. The quantitative estimate of drug-likeness (QED) is 0.481. The van der Waals surface area contributed by atoms with Gasteiger partial charge in [0.25, 0.3) is 0 Å². The molecule has 5 heteroatoms. The molecular formula is C23H24N2O2S. The molecular weight excluding hydrogens is 368 g/mol. The number of nitrogens with zero attached hydrogens (tertiary/aromatic N) is 1. The summed E-state index contributed by atoms with van der Waals surface area (Å²) in [5, 5.41) is 0. The lowest BCUT2D eigenvalue weighted by atomic mass is 10.1. The average molecular weight is 393 g/mol. The summed E-state index contributed by atoms with van der Waals surface area (Å²) in [6, 6.07) is 12.8. The largest absolute Gasteiger partial charge is 0.489 e. The maximum Gasteiger partial charge on any atom is 0.165 e. The highest BCUT2D eigenvalue weighted by molar-refractivity contribution is 7.15. The number of H-pyrrole nitrogens is 1. The van der Waals surface area contributed by atoms with Gasteiger partial charge in [-0.1, -0.05) is 0 Å². The zero-order valence-electron chi connectivity index (χ0n) is 16.0. The van der Waals surface area contributed by atoms with Crippen molar-refractivity contribution in [2.24, 2.45) is 0 Å². The van der Waals surface area contributed by atoms with Crippen molar-refractivity contribution in [2.45, 2.75) is 26.4 Å². The average Bonchev–Trinajstić information content (AvgIpc) is 3.30. The van der Waals surface area contributed by atoms with Gasteiger partial charge in [0.1, 0.15) is 6.61 Å². The van der Waals surface area contributed by atoms with E-state index >= 15 is 0 Å². The Hall–Kier alpha value is -2.68. The Morgan fingerprint density at radius 3 is 3.00 bits per heavy atom. The Labute approximate surface area is 170 Å². The minimum absolute atomic E-state index is 0.491. The van der Waals surface area contributed by atoms with E-state index < -0.39 is 0 Å². The number of aromatic nitrogens is 1. The molecule has 1 aromatic carbocycles. The summed E-state index contributed by atoms with van der Waals surface area (Å²) in [6.07, 6.45) is 7.94. The van der Waals surface area contributed by atoms with Crippen LogP contribution in [-0.4, -0.2) is 29.6 Å². The molecule has 0 spiro atoms. The van der Waals surface area contributed by atoms with Crippen molar-refractivity contribution in [2.75, 3.05) is 19.8 Å². The number of rotatable bonds is 6. The number of benzene rings is 1. The molecule has 0 aliphatic carbocycles. The molecule has 1 aliphatic rings. The van der Waals surface area contributed by atoms with Crippen molar-refractivity contribution in [3.05, 3.63) is 58.7 Å². The van der Waals surface area contributed by atoms with Gasteiger partial charge in [0.2, 0.25) is 0 Å². The van der Waals surface area contributed by atoms with Gasteiger partial charge in [-0.3, -0.25) is 4.90 Å². The maximum atomic E-state index is 6.13. The van der Waals surface area contributed by atoms with Crippen molar-refractivity contribution in [1.29, 1.82) is 0 Å². The predicted octanol–water partition coefficient (Wildman–Crippen LogP) is 4.85. The van der Waals surface area contributed by atoms with Gasteiger partial charge in [0, 0.05) is 53.3 Å². The van der Waals surface area contributed by atoms with E-state index in [2.05, 4.69) is 53.1 Å². The van der Waals surface area contributed by atoms with E-state index in [0.717, 1.165) is 42.3 Å². The van der Waals surface area contributed by atoms with Gasteiger partial charge in [0.05, 0.1) is 6.61 Å². The number of thiophene rings is 1. The number of ether oxygens (including phenoxy) is 2. The summed E-state index contributed by atoms with van der Waals surface area (Å²) in [4.78, 5) is 8.22. The Bertz CT molecular complexity index is 969. The van der Waals surface area contributed by atoms with Gasteiger partial charge in [0.15, 0.2) is 11.5 Å². The molecule has 4 rings (SSSR count). The van der Waals surface area contributed by atoms with Gasteiger partial charge in [-0.15, -0.1) is 23.7 Å². The van der Waals surface area contributed by atoms with E-state index in [1.165, 1.54) is 15.4 Å². The van der Waals surface area contributed by atoms with Gasteiger partial charge < -0.3 is 14.5 Å². The summed E-state index contributed by atoms with van der Waals surface area (Å²) in [7, 11) is 0. The summed E-state index contributed by atoms with van der Waals surface area (Å²) in [6.45, 7) is 5.81. The summed E-state index contributed by atoms with van der Waals surface area (Å²) < 4.78 is 12.2. The van der Waals surface area contributed by atoms with Crippen LogP contribution in [-0.2, 0) is 13.1 Å². The highest BCUT2D eigenvalue weighted by Gasteiger charge is 2.21. The molecule has 3 heterocycles. The van der Waals surface area contributed by atoms with Crippen LogP contribution >= 0.6 is 11.3 Å². The van der Waals surface area contributed by atoms with Crippen LogP contribution in [0.15, 0.2) is 42.6 Å². The fourth-order valence-corrected chi connectivity index (χ4v) is 4.29. The van der Waals surface area contributed by atoms with Crippen LogP contribution in [0.2, 0.25) is 0 Å². The maximum absolute atomic E-state index is 6.13. The van der Waals surface area contributed by atoms with Crippen molar-refractivity contribution in [3.63, 3.8) is 0 Å². The van der Waals surface area contributed by atoms with Gasteiger partial charge >= 0.3 is 0 Å². The first-order valence-corrected chi connectivity index (χ1v) is 10.3. The Morgan fingerprint density at radius 1 is 1.32 bits per heavy atom. The smallest absolute Gasteiger partial charge is 0.165 e. The van der Waals surface area contributed by atoms with Crippen LogP contribution in [0.5, 0.6) is 11.5 Å². The Balaban J connectivity index is 1.67. The summed E-state index contributed by atoms with van der Waals surface area (Å²) in [5.41, 5.74) is 3.53. The van der Waals surface area contributed by atoms with E-state index in [4.69, 9.17) is 15.9 Å². The van der Waals surface area contributed by atoms with E-state index in [9.17, 15) is 0 Å². The second kappa shape index (κ2) is 8.55. The third-order valence-corrected chi connectivity index (χ3v) is 5.81. The molecule has 144 valence electrons. The number of nitrogens with one attached hydrogen (secondary N) is 1. The number of terminal acetylenes is 1. The lowest BCUT2D eigenvalue weighted by Gasteiger charge is -2.19. The first kappa shape index (κ1) is 18.7. The molecule has 0 saturated heterocycles. The number of hydrogen-bond acceptors (Lipinski definition) is 4. The zero-order chi connectivity index (χ0) is 19.3. The van der Waals surface area contributed by atoms with Crippen LogP contribution in [0, 0.1) is 19.3 Å². The fraction of sp³-hybridized carbons (Fsp3) is 0.304. The van der Waals surface area contributed by atoms with Gasteiger partial charge in [-0.25, -0.2) is 0 Å². The molecule has 0 bridgehead atoms. The number of aromatic amines is 1. The normalized spacial score (nSPS) is 14.0. The SMILES string of the molecule is C#CCCOc1cc(-c2ccc(C)s2)cc2c1OCCN(Cc1ccc[nH]1)C2. The molecule has 4 nitrogen and oxygen atoms in total. The standard InChI is InChI=1S/C23H24N2O2S/c1-3-4-11-26-21-14-18(22-8-7-17(2)28-22)13-19-15-25(10-12-27-23(19)21)16-20-6-5-9-24-20/h1,5-9,13-14,24H,4,10-12,15-16H2,2H3. The van der Waals surface area contributed by atoms with Crippen molar-refractivity contribution < 1.29 is 9.47 Å². The highest BCUT2D eigenvalue weighted by Crippen LogP contribution is 2.40. The number of aryl methyl sites for hydroxylation is 1. The minimum atomic E-state index is 0.491. The van der Waals surface area contributed by atoms with Crippen molar-refractivity contribution in [1.82, 2.24) is 9.88 Å². The fourth-order valence-electron chi connectivity index (χ4n) is 3.44. The molecule has 0 atom stereocenters. The van der Waals surface area contributed by atoms with Crippen LogP contribution in [0.3, 0.4) is 0 Å². The number of hydrogen-bond donors (Lipinski definition) is 1. The van der Waals surface area contributed by atoms with E-state index in [1.54, 1.807) is 11.3 Å². The van der Waals surface area contributed by atoms with Crippen molar-refractivity contribution >= 4 is 11.3 Å². The monoisotopic (exact) mass is 392 g/mol.